The van der Waals surface area contributed by atoms with E-state index in [4.69, 9.17) is 0 Å². The highest BCUT2D eigenvalue weighted by atomic mass is 32.2. The Balaban J connectivity index is 1.96. The van der Waals surface area contributed by atoms with Crippen molar-refractivity contribution in [2.75, 3.05) is 0 Å². The Kier molecular flexibility index (Phi) is 5.64. The molecule has 0 aromatic heterocycles. The van der Waals surface area contributed by atoms with Gasteiger partial charge in [-0.2, -0.15) is 16.8 Å². The van der Waals surface area contributed by atoms with Crippen molar-refractivity contribution in [3.8, 4) is 11.5 Å². The van der Waals surface area contributed by atoms with Crippen LogP contribution in [0.4, 0.5) is 17.1 Å². The van der Waals surface area contributed by atoms with Gasteiger partial charge in [0.05, 0.1) is 9.82 Å². The van der Waals surface area contributed by atoms with Crippen molar-refractivity contribution in [3.05, 3.63) is 64.7 Å². The Bertz CT molecular complexity index is 1800. The first kappa shape index (κ1) is 24.0. The zero-order valence-electron chi connectivity index (χ0n) is 17.1. The van der Waals surface area contributed by atoms with Crippen LogP contribution in [0.3, 0.4) is 0 Å². The van der Waals surface area contributed by atoms with E-state index >= 15 is 0 Å². The van der Waals surface area contributed by atoms with E-state index in [0.717, 1.165) is 30.3 Å². The molecule has 0 heterocycles. The molecule has 0 fully saturated rings. The van der Waals surface area contributed by atoms with E-state index in [1.807, 2.05) is 0 Å². The number of phenolic OH excluding ortho intramolecular Hbond substituents is 2. The largest absolute Gasteiger partial charge is 0.506 e. The van der Waals surface area contributed by atoms with Crippen molar-refractivity contribution in [1.29, 1.82) is 0 Å². The van der Waals surface area contributed by atoms with Crippen molar-refractivity contribution in [1.82, 2.24) is 0 Å². The van der Waals surface area contributed by atoms with E-state index in [9.17, 15) is 46.3 Å². The Morgan fingerprint density at radius 2 is 1.34 bits per heavy atom. The molecule has 0 atom stereocenters. The SMILES string of the molecule is O=[N+]([O-])c1ccc2c(N=Nc3c(O)ccc4cc(S(=O)(=O)O)ccc34)c(O)cc(S(=O)(=O)O)c2c1. The maximum atomic E-state index is 11.8. The summed E-state index contributed by atoms with van der Waals surface area (Å²) < 4.78 is 65.1. The van der Waals surface area contributed by atoms with E-state index in [1.165, 1.54) is 18.2 Å². The summed E-state index contributed by atoms with van der Waals surface area (Å²) in [4.78, 5) is 9.16. The van der Waals surface area contributed by atoms with Crippen LogP contribution in [0.5, 0.6) is 11.5 Å². The first-order chi connectivity index (χ1) is 16.3. The van der Waals surface area contributed by atoms with Crippen LogP contribution in [-0.2, 0) is 20.2 Å². The van der Waals surface area contributed by atoms with E-state index in [-0.39, 0.29) is 38.7 Å². The number of azo groups is 1. The number of aromatic hydroxyl groups is 2. The summed E-state index contributed by atoms with van der Waals surface area (Å²) in [6.45, 7) is 0. The highest BCUT2D eigenvalue weighted by Gasteiger charge is 2.22. The molecule has 4 N–H and O–H groups in total. The molecular weight excluding hydrogens is 506 g/mol. The van der Waals surface area contributed by atoms with Gasteiger partial charge in [0, 0.05) is 34.4 Å². The van der Waals surface area contributed by atoms with Crippen LogP contribution < -0.4 is 0 Å². The molecule has 35 heavy (non-hydrogen) atoms. The lowest BCUT2D eigenvalue weighted by atomic mass is 10.1. The summed E-state index contributed by atoms with van der Waals surface area (Å²) in [6.07, 6.45) is 0. The van der Waals surface area contributed by atoms with Crippen molar-refractivity contribution in [3.63, 3.8) is 0 Å². The smallest absolute Gasteiger partial charge is 0.295 e. The predicted octanol–water partition coefficient (Wildman–Crippen LogP) is 4.22. The second-order valence-electron chi connectivity index (χ2n) is 7.20. The van der Waals surface area contributed by atoms with Crippen LogP contribution in [0.15, 0.2) is 74.6 Å². The van der Waals surface area contributed by atoms with Crippen molar-refractivity contribution >= 4 is 58.8 Å². The summed E-state index contributed by atoms with van der Waals surface area (Å²) in [5.41, 5.74) is -0.969. The molecule has 0 saturated heterocycles. The second kappa shape index (κ2) is 8.24. The Morgan fingerprint density at radius 3 is 1.94 bits per heavy atom. The summed E-state index contributed by atoms with van der Waals surface area (Å²) in [7, 11) is -9.39. The average Bonchev–Trinajstić information content (AvgIpc) is 2.77. The van der Waals surface area contributed by atoms with E-state index in [1.54, 1.807) is 0 Å². The summed E-state index contributed by atoms with van der Waals surface area (Å²) in [5, 5.41) is 39.7. The number of nitrogens with zero attached hydrogens (tertiary/aromatic N) is 3. The predicted molar refractivity (Wildman–Crippen MR) is 122 cm³/mol. The van der Waals surface area contributed by atoms with Crippen LogP contribution in [0.25, 0.3) is 21.5 Å². The number of benzene rings is 4. The lowest BCUT2D eigenvalue weighted by Crippen LogP contribution is -2.00. The molecule has 0 saturated carbocycles. The standard InChI is InChI=1S/C20H13N3O10S2/c24-16-6-1-10-7-12(34(28,29)30)3-5-13(10)19(16)21-22-20-14-4-2-11(23(26)27)8-15(14)18(9-17(20)25)35(31,32)33/h1-9,24-25H,(H,28,29,30)(H,31,32,33). The first-order valence-electron chi connectivity index (χ1n) is 9.34. The third-order valence-corrected chi connectivity index (χ3v) is 6.76. The fourth-order valence-corrected chi connectivity index (χ4v) is 4.65. The third kappa shape index (κ3) is 4.47. The van der Waals surface area contributed by atoms with Crippen LogP contribution >= 0.6 is 0 Å². The maximum absolute atomic E-state index is 11.8. The van der Waals surface area contributed by atoms with Gasteiger partial charge in [0.2, 0.25) is 0 Å². The van der Waals surface area contributed by atoms with Gasteiger partial charge in [-0.3, -0.25) is 19.2 Å². The van der Waals surface area contributed by atoms with Crippen molar-refractivity contribution < 1.29 is 41.1 Å². The minimum atomic E-state index is -4.89. The van der Waals surface area contributed by atoms with Gasteiger partial charge < -0.3 is 10.2 Å². The quantitative estimate of drug-likeness (QED) is 0.127. The van der Waals surface area contributed by atoms with Gasteiger partial charge in [0.1, 0.15) is 27.8 Å². The van der Waals surface area contributed by atoms with Gasteiger partial charge in [-0.25, -0.2) is 0 Å². The maximum Gasteiger partial charge on any atom is 0.295 e. The minimum Gasteiger partial charge on any atom is -0.506 e. The monoisotopic (exact) mass is 519 g/mol. The molecule has 0 aliphatic carbocycles. The number of nitro benzene ring substituents is 1. The van der Waals surface area contributed by atoms with E-state index in [2.05, 4.69) is 10.2 Å². The molecule has 4 aromatic carbocycles. The molecule has 0 bridgehead atoms. The van der Waals surface area contributed by atoms with Crippen LogP contribution in [0.1, 0.15) is 0 Å². The van der Waals surface area contributed by atoms with Gasteiger partial charge in [-0.15, -0.1) is 10.2 Å². The number of hydrogen-bond acceptors (Lipinski definition) is 10. The van der Waals surface area contributed by atoms with Gasteiger partial charge >= 0.3 is 0 Å². The lowest BCUT2D eigenvalue weighted by molar-refractivity contribution is -0.384. The molecule has 0 amide bonds. The van der Waals surface area contributed by atoms with Gasteiger partial charge in [-0.05, 0) is 29.7 Å². The fraction of sp³-hybridized carbons (Fsp3) is 0. The van der Waals surface area contributed by atoms with E-state index in [0.29, 0.717) is 6.07 Å². The Hall–Kier alpha value is -4.18. The highest BCUT2D eigenvalue weighted by molar-refractivity contribution is 7.86. The molecule has 0 aliphatic heterocycles. The van der Waals surface area contributed by atoms with Crippen LogP contribution in [0.2, 0.25) is 0 Å². The van der Waals surface area contributed by atoms with Crippen molar-refractivity contribution in [2.45, 2.75) is 9.79 Å². The number of rotatable bonds is 5. The second-order valence-corrected chi connectivity index (χ2v) is 10.0. The van der Waals surface area contributed by atoms with E-state index < -0.39 is 46.4 Å². The molecule has 15 heteroatoms. The zero-order valence-corrected chi connectivity index (χ0v) is 18.7. The minimum absolute atomic E-state index is 0.111. The number of non-ortho nitro benzene ring substituents is 1. The number of phenols is 2. The van der Waals surface area contributed by atoms with Crippen LogP contribution in [-0.4, -0.2) is 41.1 Å². The molecule has 180 valence electrons. The highest BCUT2D eigenvalue weighted by Crippen LogP contribution is 2.43. The number of hydrogen-bond donors (Lipinski definition) is 4. The molecule has 0 aliphatic rings. The number of fused-ring (bicyclic) bond motifs is 2. The normalized spacial score (nSPS) is 12.5. The summed E-state index contributed by atoms with van der Waals surface area (Å²) in [5.74, 6) is -1.12. The zero-order chi connectivity index (χ0) is 25.7. The topological polar surface area (TPSA) is 217 Å². The Labute approximate surface area is 196 Å². The molecular formula is C20H13N3O10S2. The van der Waals surface area contributed by atoms with Gasteiger partial charge in [-0.1, -0.05) is 12.1 Å². The summed E-state index contributed by atoms with van der Waals surface area (Å²) in [6, 6.07) is 9.69. The molecule has 0 unspecified atom stereocenters. The van der Waals surface area contributed by atoms with Crippen molar-refractivity contribution in [2.24, 2.45) is 10.2 Å². The van der Waals surface area contributed by atoms with Gasteiger partial charge in [0.15, 0.2) is 0 Å². The van der Waals surface area contributed by atoms with Gasteiger partial charge in [0.25, 0.3) is 25.9 Å². The molecule has 0 spiro atoms. The molecule has 13 nitrogen and oxygen atoms in total. The Morgan fingerprint density at radius 1 is 0.714 bits per heavy atom. The third-order valence-electron chi connectivity index (χ3n) is 5.01. The molecule has 0 radical (unpaired) electrons. The fourth-order valence-electron chi connectivity index (χ4n) is 3.43. The lowest BCUT2D eigenvalue weighted by Gasteiger charge is -2.09. The molecule has 4 rings (SSSR count). The average molecular weight is 519 g/mol. The molecule has 4 aromatic rings. The summed E-state index contributed by atoms with van der Waals surface area (Å²) >= 11 is 0. The first-order valence-corrected chi connectivity index (χ1v) is 12.2. The number of nitro groups is 1. The van der Waals surface area contributed by atoms with Crippen LogP contribution in [0, 0.1) is 10.1 Å².